The third kappa shape index (κ3) is 3.07. The zero-order valence-electron chi connectivity index (χ0n) is 10.9. The van der Waals surface area contributed by atoms with E-state index in [9.17, 15) is 4.79 Å². The van der Waals surface area contributed by atoms with Gasteiger partial charge < -0.3 is 5.32 Å². The first-order chi connectivity index (χ1) is 9.74. The van der Waals surface area contributed by atoms with Crippen molar-refractivity contribution in [3.05, 3.63) is 64.4 Å². The Bertz CT molecular complexity index is 611. The van der Waals surface area contributed by atoms with Gasteiger partial charge in [0, 0.05) is 11.8 Å². The summed E-state index contributed by atoms with van der Waals surface area (Å²) in [5.74, 6) is 0.514. The van der Waals surface area contributed by atoms with Crippen molar-refractivity contribution in [2.24, 2.45) is 5.92 Å². The van der Waals surface area contributed by atoms with Crippen molar-refractivity contribution < 1.29 is 4.79 Å². The molecule has 1 fully saturated rings. The lowest BCUT2D eigenvalue weighted by Crippen LogP contribution is -2.29. The average Bonchev–Trinajstić information content (AvgIpc) is 3.30. The molecule has 1 unspecified atom stereocenters. The van der Waals surface area contributed by atoms with E-state index in [1.807, 2.05) is 18.2 Å². The van der Waals surface area contributed by atoms with Gasteiger partial charge in [0.15, 0.2) is 0 Å². The fraction of sp³-hybridized carbons (Fsp3) is 0.250. The van der Waals surface area contributed by atoms with E-state index in [-0.39, 0.29) is 11.9 Å². The number of halogens is 1. The average molecular weight is 331 g/mol. The molecule has 1 N–H and O–H groups in total. The first-order valence-corrected chi connectivity index (χ1v) is 7.51. The maximum atomic E-state index is 12.4. The largest absolute Gasteiger partial charge is 0.345 e. The van der Waals surface area contributed by atoms with Crippen LogP contribution in [0.3, 0.4) is 0 Å². The lowest BCUT2D eigenvalue weighted by Gasteiger charge is -2.18. The van der Waals surface area contributed by atoms with Crippen LogP contribution in [0, 0.1) is 5.92 Å². The molecule has 0 saturated heterocycles. The summed E-state index contributed by atoms with van der Waals surface area (Å²) in [6.45, 7) is 0. The number of hydrogen-bond acceptors (Lipinski definition) is 2. The highest BCUT2D eigenvalue weighted by molar-refractivity contribution is 9.10. The summed E-state index contributed by atoms with van der Waals surface area (Å²) in [6, 6.07) is 13.8. The molecule has 3 nitrogen and oxygen atoms in total. The number of carbonyl (C=O) groups is 1. The van der Waals surface area contributed by atoms with Gasteiger partial charge in [-0.2, -0.15) is 0 Å². The molecule has 1 saturated carbocycles. The number of carbonyl (C=O) groups excluding carboxylic acids is 1. The molecule has 1 aromatic heterocycles. The van der Waals surface area contributed by atoms with Gasteiger partial charge in [-0.1, -0.05) is 30.3 Å². The summed E-state index contributed by atoms with van der Waals surface area (Å²) in [5.41, 5.74) is 1.81. The summed E-state index contributed by atoms with van der Waals surface area (Å²) < 4.78 is 0.674. The van der Waals surface area contributed by atoms with E-state index < -0.39 is 0 Å². The molecule has 1 aromatic carbocycles. The predicted molar refractivity (Wildman–Crippen MR) is 81.3 cm³/mol. The normalized spacial score (nSPS) is 15.7. The topological polar surface area (TPSA) is 42.0 Å². The molecule has 4 heteroatoms. The molecular formula is C16H15BrN2O. The van der Waals surface area contributed by atoms with Crippen molar-refractivity contribution in [3.8, 4) is 0 Å². The van der Waals surface area contributed by atoms with Crippen LogP contribution in [0.5, 0.6) is 0 Å². The third-order valence-corrected chi connectivity index (χ3v) is 3.96. The van der Waals surface area contributed by atoms with Crippen molar-refractivity contribution in [2.75, 3.05) is 0 Å². The maximum absolute atomic E-state index is 12.4. The van der Waals surface area contributed by atoms with Crippen LogP contribution in [0.2, 0.25) is 0 Å². The number of benzene rings is 1. The van der Waals surface area contributed by atoms with Crippen molar-refractivity contribution >= 4 is 21.8 Å². The molecule has 0 aliphatic heterocycles. The predicted octanol–water partition coefficient (Wildman–Crippen LogP) is 3.73. The van der Waals surface area contributed by atoms with Gasteiger partial charge in [-0.15, -0.1) is 0 Å². The van der Waals surface area contributed by atoms with Crippen molar-refractivity contribution in [3.63, 3.8) is 0 Å². The Balaban J connectivity index is 1.79. The molecular weight excluding hydrogens is 316 g/mol. The minimum atomic E-state index is -0.0474. The molecule has 1 aliphatic carbocycles. The van der Waals surface area contributed by atoms with Gasteiger partial charge in [0.25, 0.3) is 5.91 Å². The van der Waals surface area contributed by atoms with E-state index in [0.29, 0.717) is 16.1 Å². The number of nitrogens with one attached hydrogen (secondary N) is 1. The lowest BCUT2D eigenvalue weighted by molar-refractivity contribution is 0.0931. The minimum Gasteiger partial charge on any atom is -0.345 e. The van der Waals surface area contributed by atoms with Gasteiger partial charge in [0.05, 0.1) is 6.04 Å². The van der Waals surface area contributed by atoms with Crippen molar-refractivity contribution in [1.29, 1.82) is 0 Å². The minimum absolute atomic E-state index is 0.0474. The van der Waals surface area contributed by atoms with E-state index in [1.54, 1.807) is 18.3 Å². The second kappa shape index (κ2) is 5.75. The first kappa shape index (κ1) is 13.3. The van der Waals surface area contributed by atoms with Gasteiger partial charge in [0.1, 0.15) is 4.60 Å². The quantitative estimate of drug-likeness (QED) is 0.868. The van der Waals surface area contributed by atoms with Gasteiger partial charge in [0.2, 0.25) is 0 Å². The van der Waals surface area contributed by atoms with E-state index in [1.165, 1.54) is 18.4 Å². The van der Waals surface area contributed by atoms with Gasteiger partial charge in [-0.3, -0.25) is 4.79 Å². The Kier molecular flexibility index (Phi) is 3.83. The van der Waals surface area contributed by atoms with Crippen LogP contribution in [0.4, 0.5) is 0 Å². The zero-order valence-corrected chi connectivity index (χ0v) is 12.5. The molecule has 1 aliphatic rings. The van der Waals surface area contributed by atoms with Gasteiger partial charge >= 0.3 is 0 Å². The molecule has 1 atom stereocenters. The summed E-state index contributed by atoms with van der Waals surface area (Å²) >= 11 is 3.29. The Hall–Kier alpha value is -1.68. The number of rotatable bonds is 4. The Morgan fingerprint density at radius 1 is 1.25 bits per heavy atom. The van der Waals surface area contributed by atoms with Crippen LogP contribution in [-0.4, -0.2) is 10.9 Å². The second-order valence-electron chi connectivity index (χ2n) is 5.07. The number of amides is 1. The standard InChI is InChI=1S/C16H15BrN2O/c17-14-10-13(8-9-18-14)16(20)19-15(12-6-7-12)11-4-2-1-3-5-11/h1-5,8-10,12,15H,6-7H2,(H,19,20). The van der Waals surface area contributed by atoms with E-state index >= 15 is 0 Å². The van der Waals surface area contributed by atoms with E-state index in [0.717, 1.165) is 0 Å². The highest BCUT2D eigenvalue weighted by atomic mass is 79.9. The smallest absolute Gasteiger partial charge is 0.251 e. The molecule has 0 spiro atoms. The summed E-state index contributed by atoms with van der Waals surface area (Å²) in [4.78, 5) is 16.4. The van der Waals surface area contributed by atoms with Crippen LogP contribution >= 0.6 is 15.9 Å². The van der Waals surface area contributed by atoms with Crippen LogP contribution in [0.1, 0.15) is 34.8 Å². The highest BCUT2D eigenvalue weighted by Crippen LogP contribution is 2.41. The van der Waals surface area contributed by atoms with Crippen LogP contribution < -0.4 is 5.32 Å². The zero-order chi connectivity index (χ0) is 13.9. The molecule has 102 valence electrons. The van der Waals surface area contributed by atoms with Crippen molar-refractivity contribution in [1.82, 2.24) is 10.3 Å². The number of aromatic nitrogens is 1. The fourth-order valence-corrected chi connectivity index (χ4v) is 2.70. The maximum Gasteiger partial charge on any atom is 0.251 e. The second-order valence-corrected chi connectivity index (χ2v) is 5.88. The molecule has 2 aromatic rings. The summed E-state index contributed by atoms with van der Waals surface area (Å²) in [6.07, 6.45) is 3.99. The summed E-state index contributed by atoms with van der Waals surface area (Å²) in [5, 5.41) is 3.15. The van der Waals surface area contributed by atoms with E-state index in [4.69, 9.17) is 0 Å². The SMILES string of the molecule is O=C(NC(c1ccccc1)C1CC1)c1ccnc(Br)c1. The van der Waals surface area contributed by atoms with Crippen molar-refractivity contribution in [2.45, 2.75) is 18.9 Å². The molecule has 0 bridgehead atoms. The fourth-order valence-electron chi connectivity index (χ4n) is 2.33. The molecule has 20 heavy (non-hydrogen) atoms. The van der Waals surface area contributed by atoms with E-state index in [2.05, 4.69) is 38.4 Å². The third-order valence-electron chi connectivity index (χ3n) is 3.53. The molecule has 3 rings (SSSR count). The Labute approximate surface area is 126 Å². The highest BCUT2D eigenvalue weighted by Gasteiger charge is 2.33. The number of pyridine rings is 1. The molecule has 0 radical (unpaired) electrons. The monoisotopic (exact) mass is 330 g/mol. The van der Waals surface area contributed by atoms with Crippen LogP contribution in [0.25, 0.3) is 0 Å². The molecule has 1 heterocycles. The first-order valence-electron chi connectivity index (χ1n) is 6.71. The molecule has 1 amide bonds. The number of nitrogens with zero attached hydrogens (tertiary/aromatic N) is 1. The van der Waals surface area contributed by atoms with Gasteiger partial charge in [-0.05, 0) is 52.4 Å². The van der Waals surface area contributed by atoms with Gasteiger partial charge in [-0.25, -0.2) is 4.98 Å². The summed E-state index contributed by atoms with van der Waals surface area (Å²) in [7, 11) is 0. The van der Waals surface area contributed by atoms with Crippen LogP contribution in [-0.2, 0) is 0 Å². The number of hydrogen-bond donors (Lipinski definition) is 1. The Morgan fingerprint density at radius 2 is 2.00 bits per heavy atom. The lowest BCUT2D eigenvalue weighted by atomic mass is 10.0. The Morgan fingerprint density at radius 3 is 2.65 bits per heavy atom. The van der Waals surface area contributed by atoms with Crippen LogP contribution in [0.15, 0.2) is 53.3 Å².